The maximum Gasteiger partial charge on any atom is 0.331 e. The Labute approximate surface area is 119 Å². The molecular formula is C11H18O4SiTi. The Morgan fingerprint density at radius 1 is 1.35 bits per heavy atom. The molecule has 94 valence electrons. The minimum Gasteiger partial charge on any atom is -0.481 e. The van der Waals surface area contributed by atoms with Gasteiger partial charge in [-0.2, -0.15) is 0 Å². The fraction of sp³-hybridized carbons (Fsp3) is 0.455. The molecule has 1 atom stereocenters. The third-order valence-corrected chi connectivity index (χ3v) is 2.08. The van der Waals surface area contributed by atoms with Gasteiger partial charge in [-0.15, -0.1) is 0 Å². The number of carboxylic acid groups (broad SMARTS) is 2. The second-order valence-electron chi connectivity index (χ2n) is 3.96. The first kappa shape index (κ1) is 18.7. The van der Waals surface area contributed by atoms with Crippen LogP contribution in [0, 0.1) is 5.41 Å². The van der Waals surface area contributed by atoms with Gasteiger partial charge < -0.3 is 10.2 Å². The second-order valence-corrected chi connectivity index (χ2v) is 5.38. The summed E-state index contributed by atoms with van der Waals surface area (Å²) < 4.78 is 0. The van der Waals surface area contributed by atoms with Crippen LogP contribution in [0.25, 0.3) is 0 Å². The molecule has 1 aliphatic rings. The number of aliphatic carboxylic acids is 2. The molecule has 0 spiro atoms. The van der Waals surface area contributed by atoms with Crippen molar-refractivity contribution < 1.29 is 41.5 Å². The molecule has 0 aliphatic heterocycles. The van der Waals surface area contributed by atoms with E-state index in [9.17, 15) is 9.59 Å². The zero-order valence-corrected chi connectivity index (χ0v) is 13.3. The Hall–Kier alpha value is -0.649. The summed E-state index contributed by atoms with van der Waals surface area (Å²) in [7, 11) is 0.417. The second kappa shape index (κ2) is 8.44. The van der Waals surface area contributed by atoms with E-state index < -0.39 is 17.4 Å². The molecule has 0 fully saturated rings. The van der Waals surface area contributed by atoms with Gasteiger partial charge in [0.05, 0.1) is 5.41 Å². The van der Waals surface area contributed by atoms with E-state index in [1.807, 2.05) is 0 Å². The summed E-state index contributed by atoms with van der Waals surface area (Å²) in [4.78, 5) is 21.3. The molecule has 4 nitrogen and oxygen atoms in total. The summed E-state index contributed by atoms with van der Waals surface area (Å²) in [5.74, 6) is -2.06. The molecule has 0 saturated heterocycles. The molecule has 0 aromatic rings. The maximum atomic E-state index is 10.8. The first-order chi connectivity index (χ1) is 7.37. The van der Waals surface area contributed by atoms with E-state index in [0.29, 0.717) is 9.52 Å². The molecule has 0 aromatic carbocycles. The first-order valence-corrected chi connectivity index (χ1v) is 8.05. The summed E-state index contributed by atoms with van der Waals surface area (Å²) in [6.07, 6.45) is 4.43. The Morgan fingerprint density at radius 3 is 2.18 bits per heavy atom. The molecule has 0 bridgehead atoms. The van der Waals surface area contributed by atoms with E-state index in [-0.39, 0.29) is 33.7 Å². The van der Waals surface area contributed by atoms with Crippen LogP contribution in [-0.2, 0) is 31.3 Å². The third kappa shape index (κ3) is 6.00. The van der Waals surface area contributed by atoms with Crippen LogP contribution in [0.1, 0.15) is 13.3 Å². The van der Waals surface area contributed by atoms with Gasteiger partial charge in [-0.1, -0.05) is 31.3 Å². The molecular weight excluding hydrogens is 272 g/mol. The summed E-state index contributed by atoms with van der Waals surface area (Å²) in [6.45, 7) is 6.03. The molecule has 1 rings (SSSR count). The predicted molar refractivity (Wildman–Crippen MR) is 65.5 cm³/mol. The van der Waals surface area contributed by atoms with Gasteiger partial charge in [-0.3, -0.25) is 4.79 Å². The van der Waals surface area contributed by atoms with Gasteiger partial charge >= 0.3 is 11.9 Å². The van der Waals surface area contributed by atoms with Crippen LogP contribution in [-0.4, -0.2) is 31.7 Å². The fourth-order valence-electron chi connectivity index (χ4n) is 1.18. The van der Waals surface area contributed by atoms with Crippen molar-refractivity contribution in [2.45, 2.75) is 26.4 Å². The van der Waals surface area contributed by atoms with Crippen molar-refractivity contribution in [2.24, 2.45) is 5.41 Å². The van der Waals surface area contributed by atoms with Gasteiger partial charge in [0.25, 0.3) is 0 Å². The zero-order chi connectivity index (χ0) is 12.8. The molecule has 6 heteroatoms. The normalized spacial score (nSPS) is 21.5. The standard InChI is InChI=1S/C9H10O4.C2H8Si.Ti/c1-9(8(12)13)4-2-3-6(5-9)7(10)11;1-3-2;/h2-4H,5H2,1H3,(H,10,11)(H,12,13);3H2,1-2H3;. The average Bonchev–Trinajstić information content (AvgIpc) is 2.18. The van der Waals surface area contributed by atoms with E-state index in [2.05, 4.69) is 13.1 Å². The molecule has 1 aliphatic carbocycles. The summed E-state index contributed by atoms with van der Waals surface area (Å²) in [5, 5.41) is 17.5. The average molecular weight is 290 g/mol. The molecule has 17 heavy (non-hydrogen) atoms. The van der Waals surface area contributed by atoms with Crippen molar-refractivity contribution in [1.29, 1.82) is 0 Å². The largest absolute Gasteiger partial charge is 0.481 e. The predicted octanol–water partition coefficient (Wildman–Crippen LogP) is 1.30. The molecule has 2 N–H and O–H groups in total. The van der Waals surface area contributed by atoms with Gasteiger partial charge in [0, 0.05) is 36.8 Å². The SMILES string of the molecule is CC1(C(=O)O)C=CC=C(C(=O)O)C1.C[SiH2]C.[Ti]. The van der Waals surface area contributed by atoms with Crippen molar-refractivity contribution in [3.63, 3.8) is 0 Å². The van der Waals surface area contributed by atoms with Crippen LogP contribution in [0.5, 0.6) is 0 Å². The van der Waals surface area contributed by atoms with Crippen LogP contribution in [0.2, 0.25) is 13.1 Å². The number of hydrogen-bond acceptors (Lipinski definition) is 2. The van der Waals surface area contributed by atoms with Crippen LogP contribution < -0.4 is 0 Å². The van der Waals surface area contributed by atoms with Gasteiger partial charge in [-0.25, -0.2) is 4.79 Å². The number of carboxylic acids is 2. The van der Waals surface area contributed by atoms with E-state index in [4.69, 9.17) is 10.2 Å². The number of rotatable bonds is 2. The van der Waals surface area contributed by atoms with Gasteiger partial charge in [-0.05, 0) is 13.3 Å². The molecule has 0 radical (unpaired) electrons. The molecule has 1 unspecified atom stereocenters. The van der Waals surface area contributed by atoms with Crippen molar-refractivity contribution in [1.82, 2.24) is 0 Å². The maximum absolute atomic E-state index is 10.8. The molecule has 0 aromatic heterocycles. The zero-order valence-electron chi connectivity index (χ0n) is 10.4. The van der Waals surface area contributed by atoms with E-state index >= 15 is 0 Å². The van der Waals surface area contributed by atoms with Crippen LogP contribution in [0.3, 0.4) is 0 Å². The van der Waals surface area contributed by atoms with E-state index in [1.165, 1.54) is 25.2 Å². The third-order valence-electron chi connectivity index (χ3n) is 2.08. The number of hydrogen-bond donors (Lipinski definition) is 2. The van der Waals surface area contributed by atoms with Crippen LogP contribution in [0.15, 0.2) is 23.8 Å². The van der Waals surface area contributed by atoms with Gasteiger partial charge in [0.2, 0.25) is 0 Å². The Morgan fingerprint density at radius 2 is 1.82 bits per heavy atom. The minimum absolute atomic E-state index is 0. The van der Waals surface area contributed by atoms with Crippen LogP contribution >= 0.6 is 0 Å². The number of carbonyl (C=O) groups is 2. The number of allylic oxidation sites excluding steroid dienone is 2. The van der Waals surface area contributed by atoms with Crippen molar-refractivity contribution >= 4 is 21.5 Å². The quantitative estimate of drug-likeness (QED) is 0.752. The van der Waals surface area contributed by atoms with Crippen molar-refractivity contribution in [3.8, 4) is 0 Å². The monoisotopic (exact) mass is 290 g/mol. The van der Waals surface area contributed by atoms with Gasteiger partial charge in [0.1, 0.15) is 0 Å². The smallest absolute Gasteiger partial charge is 0.331 e. The van der Waals surface area contributed by atoms with Crippen LogP contribution in [0.4, 0.5) is 0 Å². The summed E-state index contributed by atoms with van der Waals surface area (Å²) in [5.41, 5.74) is -0.949. The Kier molecular flexibility index (Phi) is 9.29. The van der Waals surface area contributed by atoms with Crippen molar-refractivity contribution in [2.75, 3.05) is 0 Å². The minimum atomic E-state index is -1.08. The Balaban J connectivity index is 0. The summed E-state index contributed by atoms with van der Waals surface area (Å²) >= 11 is 0. The Bertz CT molecular complexity index is 338. The van der Waals surface area contributed by atoms with Crippen molar-refractivity contribution in [3.05, 3.63) is 23.8 Å². The molecule has 0 amide bonds. The topological polar surface area (TPSA) is 74.6 Å². The summed E-state index contributed by atoms with van der Waals surface area (Å²) in [6, 6.07) is 0. The fourth-order valence-corrected chi connectivity index (χ4v) is 1.18. The molecule has 0 heterocycles. The first-order valence-electron chi connectivity index (χ1n) is 5.22. The van der Waals surface area contributed by atoms with E-state index in [0.717, 1.165) is 0 Å². The van der Waals surface area contributed by atoms with E-state index in [1.54, 1.807) is 0 Å². The molecule has 0 saturated carbocycles. The van der Waals surface area contributed by atoms with Gasteiger partial charge in [0.15, 0.2) is 0 Å².